The lowest BCUT2D eigenvalue weighted by Crippen LogP contribution is -2.55. The Hall–Kier alpha value is -0.630. The van der Waals surface area contributed by atoms with E-state index in [1.165, 1.54) is 38.5 Å². The van der Waals surface area contributed by atoms with Gasteiger partial charge in [-0.25, -0.2) is 0 Å². The molecular formula is C16H27N3O. The minimum atomic E-state index is 0.0630. The summed E-state index contributed by atoms with van der Waals surface area (Å²) in [4.78, 5) is 4.96. The molecule has 3 fully saturated rings. The normalized spacial score (nSPS) is 33.1. The molecule has 2 heterocycles. The van der Waals surface area contributed by atoms with Crippen molar-refractivity contribution < 1.29 is 4.74 Å². The Balaban J connectivity index is 1.54. The first-order chi connectivity index (χ1) is 9.72. The van der Waals surface area contributed by atoms with E-state index in [-0.39, 0.29) is 11.6 Å². The Labute approximate surface area is 122 Å². The van der Waals surface area contributed by atoms with Gasteiger partial charge in [-0.2, -0.15) is 5.26 Å². The quantitative estimate of drug-likeness (QED) is 0.774. The third-order valence-corrected chi connectivity index (χ3v) is 5.58. The summed E-state index contributed by atoms with van der Waals surface area (Å²) >= 11 is 0. The van der Waals surface area contributed by atoms with Crippen LogP contribution < -0.4 is 0 Å². The van der Waals surface area contributed by atoms with Crippen LogP contribution in [-0.2, 0) is 4.74 Å². The molecule has 3 rings (SSSR count). The highest BCUT2D eigenvalue weighted by Gasteiger charge is 2.41. The van der Waals surface area contributed by atoms with Crippen molar-refractivity contribution in [1.29, 1.82) is 5.26 Å². The molecule has 2 atom stereocenters. The predicted molar refractivity (Wildman–Crippen MR) is 78.4 cm³/mol. The highest BCUT2D eigenvalue weighted by atomic mass is 16.5. The summed E-state index contributed by atoms with van der Waals surface area (Å²) < 4.78 is 6.14. The zero-order valence-electron chi connectivity index (χ0n) is 12.7. The van der Waals surface area contributed by atoms with Gasteiger partial charge in [0.05, 0.1) is 17.7 Å². The molecule has 2 saturated heterocycles. The largest absolute Gasteiger partial charge is 0.375 e. The molecule has 1 aliphatic carbocycles. The summed E-state index contributed by atoms with van der Waals surface area (Å²) in [6.45, 7) is 7.27. The van der Waals surface area contributed by atoms with Gasteiger partial charge in [0.15, 0.2) is 0 Å². The van der Waals surface area contributed by atoms with Crippen LogP contribution in [0.15, 0.2) is 0 Å². The first-order valence-electron chi connectivity index (χ1n) is 8.24. The number of nitrogens with zero attached hydrogens (tertiary/aromatic N) is 3. The summed E-state index contributed by atoms with van der Waals surface area (Å²) in [6, 6.07) is 3.13. The molecule has 0 radical (unpaired) electrons. The van der Waals surface area contributed by atoms with E-state index < -0.39 is 0 Å². The summed E-state index contributed by atoms with van der Waals surface area (Å²) in [5, 5.41) is 9.02. The van der Waals surface area contributed by atoms with Gasteiger partial charge in [0.1, 0.15) is 0 Å². The van der Waals surface area contributed by atoms with Gasteiger partial charge in [0.2, 0.25) is 0 Å². The van der Waals surface area contributed by atoms with Crippen molar-refractivity contribution in [1.82, 2.24) is 9.80 Å². The van der Waals surface area contributed by atoms with E-state index in [0.29, 0.717) is 6.04 Å². The topological polar surface area (TPSA) is 39.5 Å². The fourth-order valence-corrected chi connectivity index (χ4v) is 4.25. The van der Waals surface area contributed by atoms with Gasteiger partial charge in [0, 0.05) is 38.8 Å². The van der Waals surface area contributed by atoms with E-state index in [1.807, 2.05) is 6.92 Å². The van der Waals surface area contributed by atoms with Crippen LogP contribution in [0, 0.1) is 11.3 Å². The third-order valence-electron chi connectivity index (χ3n) is 5.58. The summed E-state index contributed by atoms with van der Waals surface area (Å²) in [5.41, 5.74) is 0.222. The van der Waals surface area contributed by atoms with Crippen molar-refractivity contribution in [2.45, 2.75) is 63.1 Å². The lowest BCUT2D eigenvalue weighted by molar-refractivity contribution is -0.106. The lowest BCUT2D eigenvalue weighted by atomic mass is 9.88. The second-order valence-corrected chi connectivity index (χ2v) is 6.76. The van der Waals surface area contributed by atoms with Gasteiger partial charge in [-0.15, -0.1) is 0 Å². The standard InChI is InChI=1S/C16H27N3O/c1-14(13-17)18-7-9-19(10-8-18)15-4-11-20-16(12-15)5-2-3-6-16/h14-15H,2-12H2,1H3. The SMILES string of the molecule is CC(C#N)N1CCN(C2CCOC3(CCCC3)C2)CC1. The molecule has 1 saturated carbocycles. The molecule has 4 heteroatoms. The van der Waals surface area contributed by atoms with E-state index >= 15 is 0 Å². The van der Waals surface area contributed by atoms with E-state index in [2.05, 4.69) is 15.9 Å². The maximum Gasteiger partial charge on any atom is 0.0950 e. The number of rotatable bonds is 2. The minimum Gasteiger partial charge on any atom is -0.375 e. The molecular weight excluding hydrogens is 250 g/mol. The second-order valence-electron chi connectivity index (χ2n) is 6.76. The molecule has 3 aliphatic rings. The molecule has 2 unspecified atom stereocenters. The van der Waals surface area contributed by atoms with Crippen molar-refractivity contribution in [3.05, 3.63) is 0 Å². The molecule has 0 N–H and O–H groups in total. The Morgan fingerprint density at radius 3 is 2.55 bits per heavy atom. The summed E-state index contributed by atoms with van der Waals surface area (Å²) in [7, 11) is 0. The Bertz CT molecular complexity index is 364. The first-order valence-corrected chi connectivity index (χ1v) is 8.24. The number of hydrogen-bond donors (Lipinski definition) is 0. The van der Waals surface area contributed by atoms with Crippen LogP contribution in [0.5, 0.6) is 0 Å². The predicted octanol–water partition coefficient (Wildman–Crippen LogP) is 2.01. The molecule has 20 heavy (non-hydrogen) atoms. The molecule has 0 aromatic rings. The average Bonchev–Trinajstić information content (AvgIpc) is 2.94. The molecule has 112 valence electrons. The van der Waals surface area contributed by atoms with Crippen LogP contribution in [0.3, 0.4) is 0 Å². The number of hydrogen-bond acceptors (Lipinski definition) is 4. The fraction of sp³-hybridized carbons (Fsp3) is 0.938. The zero-order valence-corrected chi connectivity index (χ0v) is 12.7. The van der Waals surface area contributed by atoms with Crippen molar-refractivity contribution in [2.24, 2.45) is 0 Å². The number of piperazine rings is 1. The van der Waals surface area contributed by atoms with Crippen molar-refractivity contribution >= 4 is 0 Å². The molecule has 0 aromatic carbocycles. The average molecular weight is 277 g/mol. The Morgan fingerprint density at radius 1 is 1.20 bits per heavy atom. The molecule has 0 bridgehead atoms. The molecule has 2 aliphatic heterocycles. The highest BCUT2D eigenvalue weighted by molar-refractivity contribution is 4.96. The first kappa shape index (κ1) is 14.3. The number of nitriles is 1. The molecule has 0 amide bonds. The van der Waals surface area contributed by atoms with E-state index in [0.717, 1.165) is 32.8 Å². The van der Waals surface area contributed by atoms with E-state index in [1.54, 1.807) is 0 Å². The van der Waals surface area contributed by atoms with Crippen LogP contribution in [0.1, 0.15) is 45.4 Å². The third kappa shape index (κ3) is 2.86. The van der Waals surface area contributed by atoms with Crippen LogP contribution in [0.25, 0.3) is 0 Å². The monoisotopic (exact) mass is 277 g/mol. The van der Waals surface area contributed by atoms with Gasteiger partial charge >= 0.3 is 0 Å². The molecule has 0 aromatic heterocycles. The van der Waals surface area contributed by atoms with Crippen LogP contribution in [0.4, 0.5) is 0 Å². The van der Waals surface area contributed by atoms with Gasteiger partial charge in [-0.05, 0) is 32.6 Å². The maximum absolute atomic E-state index is 9.02. The van der Waals surface area contributed by atoms with Crippen LogP contribution in [0.2, 0.25) is 0 Å². The van der Waals surface area contributed by atoms with Crippen molar-refractivity contribution in [2.75, 3.05) is 32.8 Å². The minimum absolute atomic E-state index is 0.0630. The van der Waals surface area contributed by atoms with Gasteiger partial charge in [-0.1, -0.05) is 12.8 Å². The van der Waals surface area contributed by atoms with E-state index in [9.17, 15) is 0 Å². The summed E-state index contributed by atoms with van der Waals surface area (Å²) in [6.07, 6.45) is 7.67. The van der Waals surface area contributed by atoms with Gasteiger partial charge in [-0.3, -0.25) is 9.80 Å². The summed E-state index contributed by atoms with van der Waals surface area (Å²) in [5.74, 6) is 0. The van der Waals surface area contributed by atoms with Gasteiger partial charge < -0.3 is 4.74 Å². The zero-order chi connectivity index (χ0) is 14.0. The Morgan fingerprint density at radius 2 is 1.90 bits per heavy atom. The van der Waals surface area contributed by atoms with Crippen molar-refractivity contribution in [3.8, 4) is 6.07 Å². The maximum atomic E-state index is 9.02. The number of ether oxygens (including phenoxy) is 1. The van der Waals surface area contributed by atoms with E-state index in [4.69, 9.17) is 10.00 Å². The van der Waals surface area contributed by atoms with Gasteiger partial charge in [0.25, 0.3) is 0 Å². The molecule has 1 spiro atoms. The second kappa shape index (κ2) is 6.01. The fourth-order valence-electron chi connectivity index (χ4n) is 4.25. The smallest absolute Gasteiger partial charge is 0.0950 e. The highest BCUT2D eigenvalue weighted by Crippen LogP contribution is 2.41. The lowest BCUT2D eigenvalue weighted by Gasteiger charge is -2.46. The Kier molecular flexibility index (Phi) is 4.30. The van der Waals surface area contributed by atoms with Crippen molar-refractivity contribution in [3.63, 3.8) is 0 Å². The molecule has 4 nitrogen and oxygen atoms in total. The van der Waals surface area contributed by atoms with Crippen LogP contribution >= 0.6 is 0 Å². The van der Waals surface area contributed by atoms with Crippen LogP contribution in [-0.4, -0.2) is 60.3 Å².